The molecule has 0 aliphatic rings. The van der Waals surface area contributed by atoms with E-state index in [4.69, 9.17) is 0 Å². The number of sulfonamides is 1. The van der Waals surface area contributed by atoms with Crippen LogP contribution in [0, 0.1) is 19.7 Å². The predicted octanol–water partition coefficient (Wildman–Crippen LogP) is 6.19. The van der Waals surface area contributed by atoms with E-state index in [1.165, 1.54) is 23.1 Å². The van der Waals surface area contributed by atoms with E-state index < -0.39 is 34.3 Å². The zero-order valence-electron chi connectivity index (χ0n) is 25.9. The Bertz CT molecular complexity index is 1700. The summed E-state index contributed by atoms with van der Waals surface area (Å²) in [5.74, 6) is -1.55. The number of aryl methyl sites for hydroxylation is 2. The third-order valence-electron chi connectivity index (χ3n) is 7.64. The van der Waals surface area contributed by atoms with E-state index in [2.05, 4.69) is 5.32 Å². The lowest BCUT2D eigenvalue weighted by atomic mass is 10.0. The number of benzene rings is 4. The van der Waals surface area contributed by atoms with Crippen molar-refractivity contribution in [2.75, 3.05) is 17.4 Å². The second-order valence-corrected chi connectivity index (χ2v) is 12.9. The van der Waals surface area contributed by atoms with Crippen LogP contribution in [0.3, 0.4) is 0 Å². The van der Waals surface area contributed by atoms with Gasteiger partial charge in [0.2, 0.25) is 11.8 Å². The van der Waals surface area contributed by atoms with Crippen LogP contribution in [0.4, 0.5) is 10.1 Å². The normalized spacial score (nSPS) is 11.9. The van der Waals surface area contributed by atoms with Crippen molar-refractivity contribution in [3.8, 4) is 0 Å². The monoisotopic (exact) mass is 629 g/mol. The summed E-state index contributed by atoms with van der Waals surface area (Å²) in [4.78, 5) is 29.6. The maximum Gasteiger partial charge on any atom is 0.264 e. The van der Waals surface area contributed by atoms with E-state index in [0.717, 1.165) is 28.3 Å². The number of anilines is 1. The van der Waals surface area contributed by atoms with Gasteiger partial charge in [-0.15, -0.1) is 0 Å². The van der Waals surface area contributed by atoms with Gasteiger partial charge in [-0.05, 0) is 61.2 Å². The van der Waals surface area contributed by atoms with Crippen molar-refractivity contribution >= 4 is 27.5 Å². The minimum absolute atomic E-state index is 0.0255. The molecule has 0 bridgehead atoms. The third-order valence-corrected chi connectivity index (χ3v) is 9.42. The van der Waals surface area contributed by atoms with E-state index in [1.807, 2.05) is 50.2 Å². The van der Waals surface area contributed by atoms with Crippen LogP contribution >= 0.6 is 0 Å². The molecule has 4 aromatic carbocycles. The standard InChI is InChI=1S/C36H40FN3O4S/c1-4-5-22-38-36(42)34(24-29-14-8-6-9-15-29)39(25-30-16-12-13-19-32(30)37)35(41)26-40(33-23-27(2)20-21-28(33)3)45(43,44)31-17-10-7-11-18-31/h6-21,23,34H,4-5,22,24-26H2,1-3H3,(H,38,42). The van der Waals surface area contributed by atoms with Gasteiger partial charge in [0, 0.05) is 25.1 Å². The van der Waals surface area contributed by atoms with Crippen LogP contribution in [0.1, 0.15) is 42.0 Å². The Hall–Kier alpha value is -4.50. The predicted molar refractivity (Wildman–Crippen MR) is 176 cm³/mol. The number of hydrogen-bond acceptors (Lipinski definition) is 4. The molecular formula is C36H40FN3O4S. The highest BCUT2D eigenvalue weighted by atomic mass is 32.2. The molecule has 0 heterocycles. The molecule has 0 aromatic heterocycles. The molecule has 0 saturated carbocycles. The van der Waals surface area contributed by atoms with Crippen LogP contribution in [0.2, 0.25) is 0 Å². The maximum atomic E-state index is 15.0. The molecule has 0 radical (unpaired) electrons. The van der Waals surface area contributed by atoms with Gasteiger partial charge in [0.25, 0.3) is 10.0 Å². The third kappa shape index (κ3) is 8.57. The van der Waals surface area contributed by atoms with Crippen LogP contribution in [0.25, 0.3) is 0 Å². The van der Waals surface area contributed by atoms with Crippen molar-refractivity contribution in [1.29, 1.82) is 0 Å². The molecule has 0 aliphatic carbocycles. The van der Waals surface area contributed by atoms with Gasteiger partial charge in [0.05, 0.1) is 10.6 Å². The van der Waals surface area contributed by atoms with Crippen LogP contribution in [0.5, 0.6) is 0 Å². The van der Waals surface area contributed by atoms with E-state index in [1.54, 1.807) is 55.5 Å². The Labute approximate surface area is 265 Å². The highest BCUT2D eigenvalue weighted by Gasteiger charge is 2.35. The lowest BCUT2D eigenvalue weighted by Gasteiger charge is -2.34. The van der Waals surface area contributed by atoms with Crippen LogP contribution < -0.4 is 9.62 Å². The van der Waals surface area contributed by atoms with Gasteiger partial charge in [-0.2, -0.15) is 0 Å². The summed E-state index contributed by atoms with van der Waals surface area (Å²) >= 11 is 0. The largest absolute Gasteiger partial charge is 0.354 e. The van der Waals surface area contributed by atoms with Crippen molar-refractivity contribution in [1.82, 2.24) is 10.2 Å². The number of nitrogens with one attached hydrogen (secondary N) is 1. The number of amides is 2. The van der Waals surface area contributed by atoms with Gasteiger partial charge in [-0.1, -0.05) is 92.2 Å². The molecule has 0 fully saturated rings. The van der Waals surface area contributed by atoms with E-state index >= 15 is 4.39 Å². The summed E-state index contributed by atoms with van der Waals surface area (Å²) in [5, 5.41) is 2.94. The highest BCUT2D eigenvalue weighted by Crippen LogP contribution is 2.29. The Kier molecular flexibility index (Phi) is 11.5. The summed E-state index contributed by atoms with van der Waals surface area (Å²) in [7, 11) is -4.21. The molecule has 45 heavy (non-hydrogen) atoms. The smallest absolute Gasteiger partial charge is 0.264 e. The van der Waals surface area contributed by atoms with E-state index in [0.29, 0.717) is 17.8 Å². The molecule has 4 rings (SSSR count). The van der Waals surface area contributed by atoms with E-state index in [-0.39, 0.29) is 29.3 Å². The second-order valence-electron chi connectivity index (χ2n) is 11.1. The van der Waals surface area contributed by atoms with Crippen molar-refractivity contribution in [3.63, 3.8) is 0 Å². The molecule has 236 valence electrons. The van der Waals surface area contributed by atoms with Gasteiger partial charge in [0.15, 0.2) is 0 Å². The first-order valence-electron chi connectivity index (χ1n) is 15.1. The molecule has 9 heteroatoms. The Morgan fingerprint density at radius 2 is 1.51 bits per heavy atom. The topological polar surface area (TPSA) is 86.8 Å². The quantitative estimate of drug-likeness (QED) is 0.169. The molecule has 4 aromatic rings. The van der Waals surface area contributed by atoms with Crippen LogP contribution in [-0.2, 0) is 32.6 Å². The Morgan fingerprint density at radius 3 is 2.18 bits per heavy atom. The lowest BCUT2D eigenvalue weighted by Crippen LogP contribution is -2.53. The summed E-state index contributed by atoms with van der Waals surface area (Å²) in [6, 6.07) is 27.6. The minimum Gasteiger partial charge on any atom is -0.354 e. The van der Waals surface area contributed by atoms with Gasteiger partial charge >= 0.3 is 0 Å². The molecule has 1 atom stereocenters. The average molecular weight is 630 g/mol. The Morgan fingerprint density at radius 1 is 0.867 bits per heavy atom. The maximum absolute atomic E-state index is 15.0. The molecule has 0 aliphatic heterocycles. The number of nitrogens with zero attached hydrogens (tertiary/aromatic N) is 2. The first-order valence-corrected chi connectivity index (χ1v) is 16.6. The van der Waals surface area contributed by atoms with Crippen molar-refractivity contribution in [2.24, 2.45) is 0 Å². The fraction of sp³-hybridized carbons (Fsp3) is 0.278. The highest BCUT2D eigenvalue weighted by molar-refractivity contribution is 7.92. The summed E-state index contributed by atoms with van der Waals surface area (Å²) < 4.78 is 44.4. The zero-order chi connectivity index (χ0) is 32.4. The molecule has 0 saturated heterocycles. The number of halogens is 1. The number of unbranched alkanes of at least 4 members (excludes halogenated alkanes) is 1. The Balaban J connectivity index is 1.82. The first kappa shape index (κ1) is 33.4. The van der Waals surface area contributed by atoms with Crippen LogP contribution in [-0.4, -0.2) is 44.3 Å². The number of hydrogen-bond donors (Lipinski definition) is 1. The molecule has 1 N–H and O–H groups in total. The number of rotatable bonds is 14. The van der Waals surface area contributed by atoms with Crippen molar-refractivity contribution in [3.05, 3.63) is 131 Å². The summed E-state index contributed by atoms with van der Waals surface area (Å²) in [6.45, 7) is 5.23. The van der Waals surface area contributed by atoms with Gasteiger partial charge in [-0.25, -0.2) is 12.8 Å². The average Bonchev–Trinajstić information content (AvgIpc) is 3.04. The fourth-order valence-corrected chi connectivity index (χ4v) is 6.58. The molecule has 2 amide bonds. The zero-order valence-corrected chi connectivity index (χ0v) is 26.8. The number of carbonyl (C=O) groups excluding carboxylic acids is 2. The SMILES string of the molecule is CCCCNC(=O)C(Cc1ccccc1)N(Cc1ccccc1F)C(=O)CN(c1cc(C)ccc1C)S(=O)(=O)c1ccccc1. The van der Waals surface area contributed by atoms with Gasteiger partial charge in [0.1, 0.15) is 18.4 Å². The molecule has 7 nitrogen and oxygen atoms in total. The van der Waals surface area contributed by atoms with E-state index in [9.17, 15) is 18.0 Å². The first-order chi connectivity index (χ1) is 21.6. The summed E-state index contributed by atoms with van der Waals surface area (Å²) in [5.41, 5.74) is 2.85. The minimum atomic E-state index is -4.21. The molecular weight excluding hydrogens is 589 g/mol. The number of carbonyl (C=O) groups is 2. The van der Waals surface area contributed by atoms with Crippen molar-refractivity contribution < 1.29 is 22.4 Å². The molecule has 1 unspecified atom stereocenters. The van der Waals surface area contributed by atoms with Gasteiger partial charge < -0.3 is 10.2 Å². The fourth-order valence-electron chi connectivity index (χ4n) is 5.09. The second kappa shape index (κ2) is 15.5. The molecule has 0 spiro atoms. The lowest BCUT2D eigenvalue weighted by molar-refractivity contribution is -0.140. The van der Waals surface area contributed by atoms with Crippen molar-refractivity contribution in [2.45, 2.75) is 57.5 Å². The summed E-state index contributed by atoms with van der Waals surface area (Å²) in [6.07, 6.45) is 1.78. The van der Waals surface area contributed by atoms with Crippen LogP contribution in [0.15, 0.2) is 108 Å². The van der Waals surface area contributed by atoms with Gasteiger partial charge in [-0.3, -0.25) is 13.9 Å².